The molecule has 1 aromatic heterocycles. The molecule has 1 aromatic carbocycles. The number of carbonyl (C=O) groups excluding carboxylic acids is 1. The molecule has 0 aliphatic carbocycles. The Bertz CT molecular complexity index is 719. The third-order valence-corrected chi connectivity index (χ3v) is 5.25. The number of hydrogen-bond acceptors (Lipinski definition) is 4. The van der Waals surface area contributed by atoms with Crippen LogP contribution in [0.5, 0.6) is 0 Å². The highest BCUT2D eigenvalue weighted by Gasteiger charge is 2.44. The van der Waals surface area contributed by atoms with Crippen molar-refractivity contribution in [3.05, 3.63) is 48.2 Å². The predicted molar refractivity (Wildman–Crippen MR) is 90.8 cm³/mol. The number of hydrogen-bond donors (Lipinski definition) is 0. The van der Waals surface area contributed by atoms with Gasteiger partial charge < -0.3 is 14.1 Å². The maximum atomic E-state index is 12.9. The lowest BCUT2D eigenvalue weighted by molar-refractivity contribution is 0.00786. The van der Waals surface area contributed by atoms with Gasteiger partial charge in [0.25, 0.3) is 5.91 Å². The van der Waals surface area contributed by atoms with Gasteiger partial charge in [-0.25, -0.2) is 0 Å². The van der Waals surface area contributed by atoms with Gasteiger partial charge in [-0.05, 0) is 25.6 Å². The smallest absolute Gasteiger partial charge is 0.289 e. The molecule has 1 atom stereocenters. The minimum atomic E-state index is -0.0389. The van der Waals surface area contributed by atoms with Gasteiger partial charge in [-0.3, -0.25) is 9.69 Å². The molecule has 2 aliphatic heterocycles. The van der Waals surface area contributed by atoms with Crippen molar-refractivity contribution >= 4 is 5.91 Å². The van der Waals surface area contributed by atoms with E-state index in [0.29, 0.717) is 18.9 Å². The molecule has 5 heteroatoms. The van der Waals surface area contributed by atoms with E-state index in [0.717, 1.165) is 37.4 Å². The topological polar surface area (TPSA) is 45.9 Å². The molecule has 0 bridgehead atoms. The van der Waals surface area contributed by atoms with Crippen LogP contribution in [0.3, 0.4) is 0 Å². The molecule has 1 amide bonds. The number of likely N-dealkylation sites (N-methyl/N-ethyl adjacent to an activating group) is 1. The molecular formula is C19H22N2O3. The van der Waals surface area contributed by atoms with Gasteiger partial charge in [0.15, 0.2) is 5.76 Å². The van der Waals surface area contributed by atoms with Crippen LogP contribution >= 0.6 is 0 Å². The van der Waals surface area contributed by atoms with E-state index in [1.807, 2.05) is 41.3 Å². The summed E-state index contributed by atoms with van der Waals surface area (Å²) < 4.78 is 11.4. The van der Waals surface area contributed by atoms with Gasteiger partial charge in [0.2, 0.25) is 0 Å². The quantitative estimate of drug-likeness (QED) is 0.851. The van der Waals surface area contributed by atoms with Gasteiger partial charge in [-0.1, -0.05) is 30.3 Å². The first-order valence-corrected chi connectivity index (χ1v) is 8.41. The van der Waals surface area contributed by atoms with E-state index < -0.39 is 0 Å². The minimum absolute atomic E-state index is 0.0310. The standard InChI is InChI=1S/C19H22N2O3/c1-20-10-11-21(13-19(20)9-12-23-14-19)18(22)17-8-7-16(24-17)15-5-3-2-4-6-15/h2-8H,9-14H2,1H3. The largest absolute Gasteiger partial charge is 0.451 e. The average molecular weight is 326 g/mol. The van der Waals surface area contributed by atoms with E-state index >= 15 is 0 Å². The molecule has 0 saturated carbocycles. The predicted octanol–water partition coefficient (Wildman–Crippen LogP) is 2.49. The molecule has 5 nitrogen and oxygen atoms in total. The van der Waals surface area contributed by atoms with E-state index in [9.17, 15) is 4.79 Å². The molecule has 3 heterocycles. The number of nitrogens with zero attached hydrogens (tertiary/aromatic N) is 2. The minimum Gasteiger partial charge on any atom is -0.451 e. The summed E-state index contributed by atoms with van der Waals surface area (Å²) in [6, 6.07) is 13.5. The SMILES string of the molecule is CN1CCN(C(=O)c2ccc(-c3ccccc3)o2)CC12CCOC2. The summed E-state index contributed by atoms with van der Waals surface area (Å²) in [5, 5.41) is 0. The normalized spacial score (nSPS) is 24.6. The lowest BCUT2D eigenvalue weighted by atomic mass is 9.93. The Labute approximate surface area is 141 Å². The van der Waals surface area contributed by atoms with Crippen LogP contribution in [0.15, 0.2) is 46.9 Å². The fourth-order valence-electron chi connectivity index (χ4n) is 3.62. The zero-order valence-electron chi connectivity index (χ0n) is 13.9. The second-order valence-electron chi connectivity index (χ2n) is 6.71. The fraction of sp³-hybridized carbons (Fsp3) is 0.421. The van der Waals surface area contributed by atoms with Crippen LogP contribution in [-0.2, 0) is 4.74 Å². The molecule has 1 spiro atoms. The summed E-state index contributed by atoms with van der Waals surface area (Å²) >= 11 is 0. The van der Waals surface area contributed by atoms with Crippen molar-refractivity contribution in [3.8, 4) is 11.3 Å². The van der Waals surface area contributed by atoms with Crippen LogP contribution in [0.1, 0.15) is 17.0 Å². The second kappa shape index (κ2) is 6.07. The molecule has 126 valence electrons. The van der Waals surface area contributed by atoms with E-state index in [2.05, 4.69) is 11.9 Å². The lowest BCUT2D eigenvalue weighted by Gasteiger charge is -2.46. The maximum Gasteiger partial charge on any atom is 0.289 e. The highest BCUT2D eigenvalue weighted by atomic mass is 16.5. The third kappa shape index (κ3) is 2.64. The number of amides is 1. The Balaban J connectivity index is 1.53. The van der Waals surface area contributed by atoms with Crippen LogP contribution in [0.4, 0.5) is 0 Å². The Kier molecular flexibility index (Phi) is 3.90. The highest BCUT2D eigenvalue weighted by molar-refractivity contribution is 5.92. The van der Waals surface area contributed by atoms with Crippen LogP contribution in [0.25, 0.3) is 11.3 Å². The van der Waals surface area contributed by atoms with Crippen LogP contribution in [0.2, 0.25) is 0 Å². The van der Waals surface area contributed by atoms with Crippen molar-refractivity contribution < 1.29 is 13.9 Å². The van der Waals surface area contributed by atoms with Gasteiger partial charge in [-0.2, -0.15) is 0 Å². The highest BCUT2D eigenvalue weighted by Crippen LogP contribution is 2.30. The molecule has 2 saturated heterocycles. The van der Waals surface area contributed by atoms with Crippen molar-refractivity contribution in [2.45, 2.75) is 12.0 Å². The zero-order valence-corrected chi connectivity index (χ0v) is 13.9. The van der Waals surface area contributed by atoms with Crippen molar-refractivity contribution in [3.63, 3.8) is 0 Å². The molecule has 2 fully saturated rings. The third-order valence-electron chi connectivity index (χ3n) is 5.25. The summed E-state index contributed by atoms with van der Waals surface area (Å²) in [6.07, 6.45) is 0.973. The van der Waals surface area contributed by atoms with E-state index in [-0.39, 0.29) is 11.4 Å². The first-order valence-electron chi connectivity index (χ1n) is 8.41. The van der Waals surface area contributed by atoms with Crippen LogP contribution in [0, 0.1) is 0 Å². The number of carbonyl (C=O) groups is 1. The summed E-state index contributed by atoms with van der Waals surface area (Å²) in [6.45, 7) is 3.75. The first kappa shape index (κ1) is 15.4. The average Bonchev–Trinajstić information content (AvgIpc) is 3.28. The molecule has 2 aromatic rings. The van der Waals surface area contributed by atoms with Crippen LogP contribution < -0.4 is 0 Å². The van der Waals surface area contributed by atoms with Gasteiger partial charge in [0, 0.05) is 31.8 Å². The Hall–Kier alpha value is -2.11. The van der Waals surface area contributed by atoms with E-state index in [4.69, 9.17) is 9.15 Å². The van der Waals surface area contributed by atoms with Gasteiger partial charge in [0.05, 0.1) is 12.1 Å². The number of piperazine rings is 1. The van der Waals surface area contributed by atoms with Crippen LogP contribution in [-0.4, -0.2) is 61.1 Å². The summed E-state index contributed by atoms with van der Waals surface area (Å²) in [4.78, 5) is 17.1. The Morgan fingerprint density at radius 1 is 1.12 bits per heavy atom. The summed E-state index contributed by atoms with van der Waals surface area (Å²) in [7, 11) is 2.12. The van der Waals surface area contributed by atoms with Crippen molar-refractivity contribution in [2.75, 3.05) is 39.9 Å². The number of rotatable bonds is 2. The number of benzene rings is 1. The number of ether oxygens (including phenoxy) is 1. The fourth-order valence-corrected chi connectivity index (χ4v) is 3.62. The monoisotopic (exact) mass is 326 g/mol. The second-order valence-corrected chi connectivity index (χ2v) is 6.71. The van der Waals surface area contributed by atoms with E-state index in [1.54, 1.807) is 6.07 Å². The van der Waals surface area contributed by atoms with Gasteiger partial charge in [-0.15, -0.1) is 0 Å². The Morgan fingerprint density at radius 3 is 2.71 bits per heavy atom. The summed E-state index contributed by atoms with van der Waals surface area (Å²) in [5.41, 5.74) is 0.943. The first-order chi connectivity index (χ1) is 11.7. The lowest BCUT2D eigenvalue weighted by Crippen LogP contribution is -2.62. The molecule has 4 rings (SSSR count). The maximum absolute atomic E-state index is 12.9. The molecule has 1 unspecified atom stereocenters. The van der Waals surface area contributed by atoms with Crippen molar-refractivity contribution in [1.29, 1.82) is 0 Å². The van der Waals surface area contributed by atoms with E-state index in [1.165, 1.54) is 0 Å². The molecule has 24 heavy (non-hydrogen) atoms. The summed E-state index contributed by atoms with van der Waals surface area (Å²) in [5.74, 6) is 1.11. The van der Waals surface area contributed by atoms with Gasteiger partial charge >= 0.3 is 0 Å². The van der Waals surface area contributed by atoms with Crippen molar-refractivity contribution in [1.82, 2.24) is 9.80 Å². The van der Waals surface area contributed by atoms with Crippen molar-refractivity contribution in [2.24, 2.45) is 0 Å². The zero-order chi connectivity index (χ0) is 16.6. The molecule has 0 radical (unpaired) electrons. The molecule has 0 N–H and O–H groups in total. The molecular weight excluding hydrogens is 304 g/mol. The Morgan fingerprint density at radius 2 is 1.96 bits per heavy atom. The van der Waals surface area contributed by atoms with Gasteiger partial charge in [0.1, 0.15) is 5.76 Å². The molecule has 2 aliphatic rings. The number of furan rings is 1.